The Kier molecular flexibility index (Phi) is 11.7. The number of unbranched alkanes of at least 4 members (excludes halogenated alkanes) is 1. The summed E-state index contributed by atoms with van der Waals surface area (Å²) in [6.45, 7) is 7.24. The van der Waals surface area contributed by atoms with Gasteiger partial charge in [0.1, 0.15) is 0 Å². The number of carbonyl (C=O) groups is 2. The van der Waals surface area contributed by atoms with E-state index < -0.39 is 11.9 Å². The number of carboxylic acid groups (broad SMARTS) is 1. The molecule has 0 rings (SSSR count). The first kappa shape index (κ1) is 16.6. The fourth-order valence-corrected chi connectivity index (χ4v) is 0.462. The van der Waals surface area contributed by atoms with Gasteiger partial charge in [0.25, 0.3) is 0 Å². The second-order valence-corrected chi connectivity index (χ2v) is 2.94. The third kappa shape index (κ3) is 14.7. The zero-order valence-corrected chi connectivity index (χ0v) is 9.73. The molecule has 0 fully saturated rings. The second kappa shape index (κ2) is 11.3. The molecule has 5 nitrogen and oxygen atoms in total. The molecule has 0 aromatic carbocycles. The monoisotopic (exact) mass is 229 g/mol. The van der Waals surface area contributed by atoms with Gasteiger partial charge in [-0.3, -0.25) is 4.79 Å². The van der Waals surface area contributed by atoms with Crippen molar-refractivity contribution in [3.63, 3.8) is 0 Å². The van der Waals surface area contributed by atoms with Crippen molar-refractivity contribution in [2.45, 2.75) is 26.7 Å². The highest BCUT2D eigenvalue weighted by Crippen LogP contribution is 1.94. The lowest BCUT2D eigenvalue weighted by atomic mass is 10.3. The molecule has 0 saturated carbocycles. The zero-order chi connectivity index (χ0) is 13.0. The summed E-state index contributed by atoms with van der Waals surface area (Å²) >= 11 is 0. The predicted molar refractivity (Wildman–Crippen MR) is 61.6 cm³/mol. The molecule has 0 heterocycles. The van der Waals surface area contributed by atoms with Gasteiger partial charge in [-0.1, -0.05) is 19.9 Å². The van der Waals surface area contributed by atoms with Gasteiger partial charge >= 0.3 is 5.97 Å². The number of aliphatic carboxylic acids is 1. The summed E-state index contributed by atoms with van der Waals surface area (Å²) < 4.78 is 4.95. The molecule has 92 valence electrons. The quantitative estimate of drug-likeness (QED) is 0.410. The van der Waals surface area contributed by atoms with E-state index in [1.807, 2.05) is 0 Å². The molecular weight excluding hydrogens is 210 g/mol. The van der Waals surface area contributed by atoms with E-state index >= 15 is 0 Å². The lowest BCUT2D eigenvalue weighted by Crippen LogP contribution is -2.04. The molecule has 3 N–H and O–H groups in total. The molecule has 0 aliphatic rings. The van der Waals surface area contributed by atoms with Gasteiger partial charge < -0.3 is 15.6 Å². The standard InChI is InChI=1S/C8H14O3.C3H5NO/c1-3-4-5-11-6-7(2)8(9)10;1-2-3(4)5/h6H,3-5H2,1-2H3,(H,9,10);2H,1H2,(H2,4,5). The van der Waals surface area contributed by atoms with Crippen LogP contribution in [0.25, 0.3) is 0 Å². The number of carboxylic acids is 1. The van der Waals surface area contributed by atoms with Crippen LogP contribution in [0.5, 0.6) is 0 Å². The first-order valence-corrected chi connectivity index (χ1v) is 4.89. The number of ether oxygens (including phenoxy) is 1. The van der Waals surface area contributed by atoms with Gasteiger partial charge in [-0.25, -0.2) is 4.79 Å². The molecule has 0 bridgehead atoms. The minimum Gasteiger partial charge on any atom is -0.501 e. The van der Waals surface area contributed by atoms with E-state index in [9.17, 15) is 9.59 Å². The zero-order valence-electron chi connectivity index (χ0n) is 9.73. The molecule has 0 spiro atoms. The van der Waals surface area contributed by atoms with Crippen molar-refractivity contribution in [1.29, 1.82) is 0 Å². The summed E-state index contributed by atoms with van der Waals surface area (Å²) in [4.78, 5) is 19.7. The Morgan fingerprint density at radius 3 is 2.31 bits per heavy atom. The fourth-order valence-electron chi connectivity index (χ4n) is 0.462. The molecule has 0 saturated heterocycles. The third-order valence-corrected chi connectivity index (χ3v) is 1.41. The highest BCUT2D eigenvalue weighted by Gasteiger charge is 1.97. The van der Waals surface area contributed by atoms with Gasteiger partial charge in [-0.15, -0.1) is 0 Å². The summed E-state index contributed by atoms with van der Waals surface area (Å²) in [6, 6.07) is 0. The normalized spacial score (nSPS) is 9.75. The molecule has 16 heavy (non-hydrogen) atoms. The van der Waals surface area contributed by atoms with Crippen LogP contribution in [0.15, 0.2) is 24.5 Å². The Bertz CT molecular complexity index is 259. The van der Waals surface area contributed by atoms with Crippen LogP contribution in [0, 0.1) is 0 Å². The fraction of sp³-hybridized carbons (Fsp3) is 0.455. The Morgan fingerprint density at radius 2 is 2.00 bits per heavy atom. The molecule has 1 amide bonds. The maximum atomic E-state index is 10.2. The molecule has 0 atom stereocenters. The molecule has 0 aliphatic carbocycles. The predicted octanol–water partition coefficient (Wildman–Crippen LogP) is 1.45. The van der Waals surface area contributed by atoms with Crippen molar-refractivity contribution >= 4 is 11.9 Å². The third-order valence-electron chi connectivity index (χ3n) is 1.41. The van der Waals surface area contributed by atoms with Crippen LogP contribution in [0.1, 0.15) is 26.7 Å². The minimum absolute atomic E-state index is 0.237. The van der Waals surface area contributed by atoms with E-state index in [1.54, 1.807) is 0 Å². The highest BCUT2D eigenvalue weighted by molar-refractivity contribution is 5.85. The van der Waals surface area contributed by atoms with E-state index in [0.717, 1.165) is 18.9 Å². The summed E-state index contributed by atoms with van der Waals surface area (Å²) in [7, 11) is 0. The molecule has 0 aromatic rings. The Labute approximate surface area is 95.6 Å². The number of hydrogen-bond donors (Lipinski definition) is 2. The summed E-state index contributed by atoms with van der Waals surface area (Å²) in [6.07, 6.45) is 4.36. The van der Waals surface area contributed by atoms with E-state index in [4.69, 9.17) is 9.84 Å². The maximum absolute atomic E-state index is 10.2. The van der Waals surface area contributed by atoms with Crippen LogP contribution in [0.2, 0.25) is 0 Å². The molecule has 0 radical (unpaired) electrons. The molecule has 0 aliphatic heterocycles. The van der Waals surface area contributed by atoms with Gasteiger partial charge in [-0.05, 0) is 19.4 Å². The summed E-state index contributed by atoms with van der Waals surface area (Å²) in [5, 5.41) is 8.39. The van der Waals surface area contributed by atoms with Crippen LogP contribution in [-0.2, 0) is 14.3 Å². The van der Waals surface area contributed by atoms with Crippen molar-refractivity contribution < 1.29 is 19.4 Å². The largest absolute Gasteiger partial charge is 0.501 e. The number of rotatable bonds is 6. The van der Waals surface area contributed by atoms with Gasteiger partial charge in [0.2, 0.25) is 5.91 Å². The average Bonchev–Trinajstić information content (AvgIpc) is 2.24. The van der Waals surface area contributed by atoms with Crippen LogP contribution in [-0.4, -0.2) is 23.6 Å². The molecule has 0 unspecified atom stereocenters. The smallest absolute Gasteiger partial charge is 0.334 e. The number of nitrogens with two attached hydrogens (primary N) is 1. The van der Waals surface area contributed by atoms with Gasteiger partial charge in [0.05, 0.1) is 18.4 Å². The first-order valence-electron chi connectivity index (χ1n) is 4.89. The van der Waals surface area contributed by atoms with E-state index in [-0.39, 0.29) is 5.57 Å². The van der Waals surface area contributed by atoms with Crippen LogP contribution in [0.3, 0.4) is 0 Å². The Morgan fingerprint density at radius 1 is 1.50 bits per heavy atom. The SMILES string of the molecule is C=CC(N)=O.CCCCOC=C(C)C(=O)O. The second-order valence-electron chi connectivity index (χ2n) is 2.94. The highest BCUT2D eigenvalue weighted by atomic mass is 16.5. The van der Waals surface area contributed by atoms with E-state index in [1.165, 1.54) is 13.2 Å². The molecular formula is C11H19NO4. The van der Waals surface area contributed by atoms with Crippen LogP contribution < -0.4 is 5.73 Å². The van der Waals surface area contributed by atoms with Crippen molar-refractivity contribution in [3.8, 4) is 0 Å². The van der Waals surface area contributed by atoms with Gasteiger partial charge in [-0.2, -0.15) is 0 Å². The Hall–Kier alpha value is -1.78. The first-order chi connectivity index (χ1) is 7.45. The number of primary amides is 1. The van der Waals surface area contributed by atoms with E-state index in [2.05, 4.69) is 19.2 Å². The van der Waals surface area contributed by atoms with Crippen molar-refractivity contribution in [3.05, 3.63) is 24.5 Å². The topological polar surface area (TPSA) is 89.6 Å². The number of carbonyl (C=O) groups excluding carboxylic acids is 1. The van der Waals surface area contributed by atoms with Gasteiger partial charge in [0.15, 0.2) is 0 Å². The van der Waals surface area contributed by atoms with Gasteiger partial charge in [0, 0.05) is 0 Å². The lowest BCUT2D eigenvalue weighted by molar-refractivity contribution is -0.132. The van der Waals surface area contributed by atoms with E-state index in [0.29, 0.717) is 6.61 Å². The number of hydrogen-bond acceptors (Lipinski definition) is 3. The van der Waals surface area contributed by atoms with Crippen molar-refractivity contribution in [1.82, 2.24) is 0 Å². The minimum atomic E-state index is -0.929. The molecule has 0 aromatic heterocycles. The Balaban J connectivity index is 0. The summed E-state index contributed by atoms with van der Waals surface area (Å²) in [5.74, 6) is -1.41. The lowest BCUT2D eigenvalue weighted by Gasteiger charge is -1.98. The van der Waals surface area contributed by atoms with Crippen molar-refractivity contribution in [2.75, 3.05) is 6.61 Å². The van der Waals surface area contributed by atoms with Crippen LogP contribution in [0.4, 0.5) is 0 Å². The summed E-state index contributed by atoms with van der Waals surface area (Å²) in [5.41, 5.74) is 4.77. The number of amides is 1. The molecule has 5 heteroatoms. The average molecular weight is 229 g/mol. The van der Waals surface area contributed by atoms with Crippen molar-refractivity contribution in [2.24, 2.45) is 5.73 Å². The maximum Gasteiger partial charge on any atom is 0.334 e. The van der Waals surface area contributed by atoms with Crippen LogP contribution >= 0.6 is 0 Å².